The van der Waals surface area contributed by atoms with Gasteiger partial charge in [-0.05, 0) is 37.9 Å². The van der Waals surface area contributed by atoms with Crippen molar-refractivity contribution < 1.29 is 22.6 Å². The molecular weight excluding hydrogens is 512 g/mol. The van der Waals surface area contributed by atoms with Gasteiger partial charge in [-0.3, -0.25) is 9.89 Å². The van der Waals surface area contributed by atoms with Crippen LogP contribution in [0, 0.1) is 6.92 Å². The van der Waals surface area contributed by atoms with E-state index in [0.29, 0.717) is 30.7 Å². The monoisotopic (exact) mass is 542 g/mol. The van der Waals surface area contributed by atoms with Crippen LogP contribution in [0.15, 0.2) is 23.2 Å². The van der Waals surface area contributed by atoms with Gasteiger partial charge in [-0.2, -0.15) is 13.2 Å². The second kappa shape index (κ2) is 11.4. The molecule has 0 radical (unpaired) electrons. The number of guanidine groups is 1. The van der Waals surface area contributed by atoms with Gasteiger partial charge in [0.2, 0.25) is 0 Å². The van der Waals surface area contributed by atoms with Gasteiger partial charge in [0.05, 0.1) is 12.7 Å². The quantitative estimate of drug-likeness (QED) is 0.329. The Bertz CT molecular complexity index is 718. The zero-order chi connectivity index (χ0) is 20.9. The molecule has 2 atom stereocenters. The smallest absolute Gasteiger partial charge is 0.422 e. The minimum atomic E-state index is -4.37. The molecule has 2 aliphatic heterocycles. The number of ether oxygens (including phenoxy) is 2. The van der Waals surface area contributed by atoms with E-state index in [9.17, 15) is 13.2 Å². The van der Waals surface area contributed by atoms with Gasteiger partial charge < -0.3 is 20.1 Å². The van der Waals surface area contributed by atoms with Gasteiger partial charge in [0, 0.05) is 38.3 Å². The highest BCUT2D eigenvalue weighted by Gasteiger charge is 2.32. The number of rotatable bonds is 6. The molecule has 0 spiro atoms. The van der Waals surface area contributed by atoms with E-state index in [1.54, 1.807) is 19.2 Å². The lowest BCUT2D eigenvalue weighted by Crippen LogP contribution is -2.51. The van der Waals surface area contributed by atoms with Crippen LogP contribution in [0.25, 0.3) is 0 Å². The molecule has 30 heavy (non-hydrogen) atoms. The molecule has 2 fully saturated rings. The molecule has 0 saturated carbocycles. The molecule has 1 aromatic rings. The van der Waals surface area contributed by atoms with Gasteiger partial charge in [-0.1, -0.05) is 12.1 Å². The lowest BCUT2D eigenvalue weighted by molar-refractivity contribution is -0.153. The maximum atomic E-state index is 12.5. The van der Waals surface area contributed by atoms with Crippen LogP contribution in [0.1, 0.15) is 24.0 Å². The van der Waals surface area contributed by atoms with Crippen molar-refractivity contribution in [2.24, 2.45) is 4.99 Å². The topological polar surface area (TPSA) is 58.1 Å². The average Bonchev–Trinajstić information content (AvgIpc) is 3.15. The summed E-state index contributed by atoms with van der Waals surface area (Å²) >= 11 is 0. The Morgan fingerprint density at radius 1 is 1.33 bits per heavy atom. The summed E-state index contributed by atoms with van der Waals surface area (Å²) in [6.45, 7) is 4.22. The van der Waals surface area contributed by atoms with Crippen LogP contribution in [-0.2, 0) is 11.3 Å². The zero-order valence-corrected chi connectivity index (χ0v) is 19.6. The summed E-state index contributed by atoms with van der Waals surface area (Å²) < 4.78 is 48.5. The fourth-order valence-corrected chi connectivity index (χ4v) is 3.72. The molecule has 0 bridgehead atoms. The van der Waals surface area contributed by atoms with Crippen molar-refractivity contribution in [3.63, 3.8) is 0 Å². The van der Waals surface area contributed by atoms with Gasteiger partial charge in [0.25, 0.3) is 0 Å². The van der Waals surface area contributed by atoms with Crippen LogP contribution in [0.4, 0.5) is 13.2 Å². The summed E-state index contributed by atoms with van der Waals surface area (Å²) in [6, 6.07) is 5.77. The number of nitrogens with zero attached hydrogens (tertiary/aromatic N) is 2. The normalized spacial score (nSPS) is 22.2. The van der Waals surface area contributed by atoms with E-state index >= 15 is 0 Å². The van der Waals surface area contributed by atoms with Crippen molar-refractivity contribution in [1.29, 1.82) is 0 Å². The molecule has 2 aliphatic rings. The van der Waals surface area contributed by atoms with Crippen molar-refractivity contribution in [3.05, 3.63) is 29.3 Å². The number of aryl methyl sites for hydroxylation is 1. The third kappa shape index (κ3) is 7.45. The standard InChI is InChI=1S/C20H29F3N4O2.HI/c1-14-5-6-15(18(8-14)29-13-20(21,22)23)9-25-19(24-2)26-10-17-11-27-7-3-4-16(27)12-28-17;/h5-6,8,16-17H,3-4,7,9-13H2,1-2H3,(H2,24,25,26);1H. The Hall–Kier alpha value is -1.27. The second-order valence-electron chi connectivity index (χ2n) is 7.57. The number of hydrogen-bond acceptors (Lipinski definition) is 4. The van der Waals surface area contributed by atoms with Crippen molar-refractivity contribution >= 4 is 29.9 Å². The van der Waals surface area contributed by atoms with Crippen molar-refractivity contribution in [2.75, 3.05) is 39.9 Å². The van der Waals surface area contributed by atoms with E-state index in [1.807, 2.05) is 13.0 Å². The van der Waals surface area contributed by atoms with E-state index in [2.05, 4.69) is 20.5 Å². The van der Waals surface area contributed by atoms with Crippen LogP contribution in [0.2, 0.25) is 0 Å². The molecule has 2 unspecified atom stereocenters. The third-order valence-corrected chi connectivity index (χ3v) is 5.24. The summed E-state index contributed by atoms with van der Waals surface area (Å²) in [7, 11) is 1.66. The van der Waals surface area contributed by atoms with Gasteiger partial charge >= 0.3 is 6.18 Å². The Morgan fingerprint density at radius 2 is 2.13 bits per heavy atom. The lowest BCUT2D eigenvalue weighted by Gasteiger charge is -2.35. The number of nitrogens with one attached hydrogen (secondary N) is 2. The minimum Gasteiger partial charge on any atom is -0.484 e. The highest BCUT2D eigenvalue weighted by Crippen LogP contribution is 2.24. The SMILES string of the molecule is CN=C(NCc1ccc(C)cc1OCC(F)(F)F)NCC1CN2CCCC2CO1.I. The summed E-state index contributed by atoms with van der Waals surface area (Å²) in [6.07, 6.45) is -1.85. The number of aliphatic imine (C=N–C) groups is 1. The third-order valence-electron chi connectivity index (χ3n) is 5.24. The Labute approximate surface area is 192 Å². The van der Waals surface area contributed by atoms with Crippen LogP contribution in [-0.4, -0.2) is 69.1 Å². The van der Waals surface area contributed by atoms with Crippen LogP contribution in [0.3, 0.4) is 0 Å². The highest BCUT2D eigenvalue weighted by atomic mass is 127. The van der Waals surface area contributed by atoms with E-state index in [0.717, 1.165) is 25.3 Å². The van der Waals surface area contributed by atoms with Gasteiger partial charge in [0.15, 0.2) is 12.6 Å². The van der Waals surface area contributed by atoms with E-state index in [4.69, 9.17) is 9.47 Å². The van der Waals surface area contributed by atoms with Crippen LogP contribution < -0.4 is 15.4 Å². The summed E-state index contributed by atoms with van der Waals surface area (Å²) in [4.78, 5) is 6.67. The fourth-order valence-electron chi connectivity index (χ4n) is 3.72. The van der Waals surface area contributed by atoms with Crippen molar-refractivity contribution in [1.82, 2.24) is 15.5 Å². The average molecular weight is 542 g/mol. The predicted molar refractivity (Wildman–Crippen MR) is 121 cm³/mol. The first kappa shape index (κ1) is 25.0. The molecule has 3 rings (SSSR count). The lowest BCUT2D eigenvalue weighted by atomic mass is 10.1. The fraction of sp³-hybridized carbons (Fsp3) is 0.650. The van der Waals surface area contributed by atoms with E-state index in [1.165, 1.54) is 12.8 Å². The predicted octanol–water partition coefficient (Wildman–Crippen LogP) is 3.08. The Balaban J connectivity index is 0.00000320. The van der Waals surface area contributed by atoms with Crippen molar-refractivity contribution in [3.8, 4) is 5.75 Å². The number of halogens is 4. The van der Waals surface area contributed by atoms with Crippen LogP contribution in [0.5, 0.6) is 5.75 Å². The molecule has 0 aliphatic carbocycles. The molecule has 10 heteroatoms. The maximum absolute atomic E-state index is 12.5. The summed E-state index contributed by atoms with van der Waals surface area (Å²) in [5.41, 5.74) is 1.47. The number of fused-ring (bicyclic) bond motifs is 1. The molecule has 2 heterocycles. The second-order valence-corrected chi connectivity index (χ2v) is 7.57. The Kier molecular flexibility index (Phi) is 9.48. The molecule has 2 saturated heterocycles. The molecule has 2 N–H and O–H groups in total. The van der Waals surface area contributed by atoms with Gasteiger partial charge in [-0.15, -0.1) is 24.0 Å². The number of alkyl halides is 3. The van der Waals surface area contributed by atoms with Gasteiger partial charge in [0.1, 0.15) is 5.75 Å². The van der Waals surface area contributed by atoms with Crippen LogP contribution >= 0.6 is 24.0 Å². The largest absolute Gasteiger partial charge is 0.484 e. The molecule has 0 aromatic heterocycles. The number of morpholine rings is 1. The zero-order valence-electron chi connectivity index (χ0n) is 17.3. The van der Waals surface area contributed by atoms with Crippen molar-refractivity contribution in [2.45, 2.75) is 44.6 Å². The number of hydrogen-bond donors (Lipinski definition) is 2. The van der Waals surface area contributed by atoms with E-state index < -0.39 is 12.8 Å². The molecule has 0 amide bonds. The molecule has 6 nitrogen and oxygen atoms in total. The molecule has 1 aromatic carbocycles. The highest BCUT2D eigenvalue weighted by molar-refractivity contribution is 14.0. The maximum Gasteiger partial charge on any atom is 0.422 e. The van der Waals surface area contributed by atoms with E-state index in [-0.39, 0.29) is 35.8 Å². The Morgan fingerprint density at radius 3 is 2.87 bits per heavy atom. The minimum absolute atomic E-state index is 0. The summed E-state index contributed by atoms with van der Waals surface area (Å²) in [5, 5.41) is 6.38. The molecular formula is C20H30F3IN4O2. The first-order valence-corrected chi connectivity index (χ1v) is 9.93. The first-order valence-electron chi connectivity index (χ1n) is 9.93. The van der Waals surface area contributed by atoms with Gasteiger partial charge in [-0.25, -0.2) is 0 Å². The summed E-state index contributed by atoms with van der Waals surface area (Å²) in [5.74, 6) is 0.792. The number of benzene rings is 1. The molecule has 170 valence electrons. The first-order chi connectivity index (χ1) is 13.8.